The van der Waals surface area contributed by atoms with Gasteiger partial charge in [-0.15, -0.1) is 11.3 Å². The predicted molar refractivity (Wildman–Crippen MR) is 138 cm³/mol. The lowest BCUT2D eigenvalue weighted by molar-refractivity contribution is 0.0994. The molecule has 5 rings (SSSR count). The van der Waals surface area contributed by atoms with Crippen LogP contribution in [0.5, 0.6) is 5.75 Å². The maximum atomic E-state index is 13.4. The van der Waals surface area contributed by atoms with Crippen LogP contribution >= 0.6 is 11.3 Å². The number of rotatable bonds is 8. The number of carbonyl (C=O) groups excluding carboxylic acids is 2. The van der Waals surface area contributed by atoms with Crippen LogP contribution in [0.4, 0.5) is 5.13 Å². The summed E-state index contributed by atoms with van der Waals surface area (Å²) < 4.78 is 7.11. The Morgan fingerprint density at radius 1 is 1.11 bits per heavy atom. The lowest BCUT2D eigenvalue weighted by atomic mass is 10.1. The Morgan fingerprint density at radius 2 is 1.94 bits per heavy atom. The van der Waals surface area contributed by atoms with E-state index >= 15 is 0 Å². The molecule has 0 atom stereocenters. The van der Waals surface area contributed by atoms with Crippen LogP contribution in [0.15, 0.2) is 78.4 Å². The van der Waals surface area contributed by atoms with Crippen molar-refractivity contribution >= 4 is 28.3 Å². The highest BCUT2D eigenvalue weighted by Gasteiger charge is 2.20. The number of ether oxygens (including phenoxy) is 1. The van der Waals surface area contributed by atoms with Crippen LogP contribution < -0.4 is 15.8 Å². The van der Waals surface area contributed by atoms with E-state index in [2.05, 4.69) is 15.3 Å². The van der Waals surface area contributed by atoms with Gasteiger partial charge in [-0.05, 0) is 23.8 Å². The number of nitrogens with one attached hydrogen (secondary N) is 2. The Hall–Kier alpha value is -4.70. The lowest BCUT2D eigenvalue weighted by Gasteiger charge is -2.05. The SMILES string of the molecule is COc1cccc(-c2nn(Cc3ccccc3)cc2C(=O)Nc2nc(-c3c[nH]c(C(N)=O)c3)cs2)c1. The number of hydrogen-bond donors (Lipinski definition) is 3. The van der Waals surface area contributed by atoms with E-state index < -0.39 is 5.91 Å². The Bertz CT molecular complexity index is 1540. The zero-order valence-corrected chi connectivity index (χ0v) is 20.1. The summed E-state index contributed by atoms with van der Waals surface area (Å²) in [4.78, 5) is 32.0. The minimum Gasteiger partial charge on any atom is -0.497 e. The summed E-state index contributed by atoms with van der Waals surface area (Å²) in [5.41, 5.74) is 9.69. The van der Waals surface area contributed by atoms with Gasteiger partial charge < -0.3 is 15.5 Å². The van der Waals surface area contributed by atoms with Gasteiger partial charge in [0, 0.05) is 28.9 Å². The molecule has 36 heavy (non-hydrogen) atoms. The number of carbonyl (C=O) groups is 2. The van der Waals surface area contributed by atoms with E-state index in [0.29, 0.717) is 39.9 Å². The van der Waals surface area contributed by atoms with Gasteiger partial charge in [0.25, 0.3) is 11.8 Å². The van der Waals surface area contributed by atoms with Crippen molar-refractivity contribution in [1.29, 1.82) is 0 Å². The molecule has 0 unspecified atom stereocenters. The third kappa shape index (κ3) is 4.89. The fourth-order valence-electron chi connectivity index (χ4n) is 3.74. The van der Waals surface area contributed by atoms with Gasteiger partial charge in [-0.25, -0.2) is 4.98 Å². The van der Waals surface area contributed by atoms with Crippen molar-refractivity contribution in [2.24, 2.45) is 5.73 Å². The number of aromatic amines is 1. The van der Waals surface area contributed by atoms with Gasteiger partial charge in [0.2, 0.25) is 0 Å². The van der Waals surface area contributed by atoms with Crippen molar-refractivity contribution in [3.63, 3.8) is 0 Å². The molecule has 0 saturated carbocycles. The monoisotopic (exact) mass is 498 g/mol. The van der Waals surface area contributed by atoms with Crippen LogP contribution in [0.25, 0.3) is 22.5 Å². The van der Waals surface area contributed by atoms with Crippen LogP contribution in [-0.4, -0.2) is 38.7 Å². The van der Waals surface area contributed by atoms with E-state index in [1.54, 1.807) is 35.6 Å². The van der Waals surface area contributed by atoms with Crippen molar-refractivity contribution in [2.75, 3.05) is 12.4 Å². The van der Waals surface area contributed by atoms with Gasteiger partial charge in [-0.1, -0.05) is 42.5 Å². The summed E-state index contributed by atoms with van der Waals surface area (Å²) in [6.07, 6.45) is 3.38. The number of methoxy groups -OCH3 is 1. The molecule has 0 spiro atoms. The largest absolute Gasteiger partial charge is 0.497 e. The number of aromatic nitrogens is 4. The first-order chi connectivity index (χ1) is 17.5. The predicted octanol–water partition coefficient (Wildman–Crippen LogP) is 4.41. The second-order valence-corrected chi connectivity index (χ2v) is 8.82. The molecule has 0 bridgehead atoms. The van der Waals surface area contributed by atoms with Crippen molar-refractivity contribution in [3.8, 4) is 28.3 Å². The summed E-state index contributed by atoms with van der Waals surface area (Å²) in [5.74, 6) is -0.217. The third-order valence-electron chi connectivity index (χ3n) is 5.51. The van der Waals surface area contributed by atoms with Crippen molar-refractivity contribution in [3.05, 3.63) is 95.3 Å². The van der Waals surface area contributed by atoms with E-state index in [4.69, 9.17) is 15.6 Å². The first-order valence-corrected chi connectivity index (χ1v) is 11.9. The Kier molecular flexibility index (Phi) is 6.33. The van der Waals surface area contributed by atoms with E-state index in [0.717, 1.165) is 11.1 Å². The van der Waals surface area contributed by atoms with E-state index in [9.17, 15) is 9.59 Å². The Balaban J connectivity index is 1.44. The molecule has 2 amide bonds. The number of nitrogens with two attached hydrogens (primary N) is 1. The molecule has 0 aliphatic heterocycles. The topological polar surface area (TPSA) is 128 Å². The molecule has 0 aliphatic carbocycles. The highest BCUT2D eigenvalue weighted by molar-refractivity contribution is 7.14. The smallest absolute Gasteiger partial charge is 0.265 e. The van der Waals surface area contributed by atoms with Crippen LogP contribution in [-0.2, 0) is 6.54 Å². The molecule has 0 aliphatic rings. The van der Waals surface area contributed by atoms with Crippen LogP contribution in [0.3, 0.4) is 0 Å². The number of benzene rings is 2. The fraction of sp³-hybridized carbons (Fsp3) is 0.0769. The highest BCUT2D eigenvalue weighted by Crippen LogP contribution is 2.29. The van der Waals surface area contributed by atoms with E-state index in [1.165, 1.54) is 11.3 Å². The number of nitrogens with zero attached hydrogens (tertiary/aromatic N) is 3. The molecular weight excluding hydrogens is 476 g/mol. The molecule has 180 valence electrons. The third-order valence-corrected chi connectivity index (χ3v) is 6.26. The molecule has 4 N–H and O–H groups in total. The van der Waals surface area contributed by atoms with E-state index in [-0.39, 0.29) is 11.6 Å². The summed E-state index contributed by atoms with van der Waals surface area (Å²) >= 11 is 1.28. The first-order valence-electron chi connectivity index (χ1n) is 11.0. The molecular formula is C26H22N6O3S. The van der Waals surface area contributed by atoms with E-state index in [1.807, 2.05) is 54.6 Å². The normalized spacial score (nSPS) is 10.8. The summed E-state index contributed by atoms with van der Waals surface area (Å²) in [6, 6.07) is 19.0. The van der Waals surface area contributed by atoms with Crippen molar-refractivity contribution in [2.45, 2.75) is 6.54 Å². The zero-order valence-electron chi connectivity index (χ0n) is 19.3. The molecule has 0 radical (unpaired) electrons. The number of amides is 2. The number of hydrogen-bond acceptors (Lipinski definition) is 6. The molecule has 5 aromatic rings. The Labute approximate surface area is 210 Å². The lowest BCUT2D eigenvalue weighted by Crippen LogP contribution is -2.12. The quantitative estimate of drug-likeness (QED) is 0.292. The molecule has 2 aromatic carbocycles. The van der Waals surface area contributed by atoms with Gasteiger partial charge in [-0.2, -0.15) is 5.10 Å². The standard InChI is InChI=1S/C26H22N6O3S/c1-35-19-9-5-8-17(10-19)23-20(14-32(31-23)13-16-6-3-2-4-7-16)25(34)30-26-29-22(15-36-26)18-11-21(24(27)33)28-12-18/h2-12,14-15,28H,13H2,1H3,(H2,27,33)(H,29,30,34). The molecule has 10 heteroatoms. The average Bonchev–Trinajstić information content (AvgIpc) is 3.64. The number of thiazole rings is 1. The summed E-state index contributed by atoms with van der Waals surface area (Å²) in [5, 5.41) is 9.81. The van der Waals surface area contributed by atoms with Gasteiger partial charge in [-0.3, -0.25) is 19.6 Å². The summed E-state index contributed by atoms with van der Waals surface area (Å²) in [7, 11) is 1.59. The molecule has 9 nitrogen and oxygen atoms in total. The fourth-order valence-corrected chi connectivity index (χ4v) is 4.45. The minimum atomic E-state index is -0.553. The number of anilines is 1. The highest BCUT2D eigenvalue weighted by atomic mass is 32.1. The first kappa shape index (κ1) is 23.1. The average molecular weight is 499 g/mol. The molecule has 3 heterocycles. The zero-order chi connectivity index (χ0) is 25.1. The molecule has 3 aromatic heterocycles. The van der Waals surface area contributed by atoms with Crippen molar-refractivity contribution < 1.29 is 14.3 Å². The second-order valence-electron chi connectivity index (χ2n) is 7.96. The van der Waals surface area contributed by atoms with Gasteiger partial charge in [0.1, 0.15) is 17.1 Å². The minimum absolute atomic E-state index is 0.289. The molecule has 0 fully saturated rings. The number of H-pyrrole nitrogens is 1. The van der Waals surface area contributed by atoms with Crippen LogP contribution in [0.1, 0.15) is 26.4 Å². The van der Waals surface area contributed by atoms with Gasteiger partial charge in [0.05, 0.1) is 24.9 Å². The van der Waals surface area contributed by atoms with Gasteiger partial charge >= 0.3 is 0 Å². The maximum absolute atomic E-state index is 13.4. The maximum Gasteiger partial charge on any atom is 0.265 e. The van der Waals surface area contributed by atoms with Crippen LogP contribution in [0.2, 0.25) is 0 Å². The second kappa shape index (κ2) is 9.88. The van der Waals surface area contributed by atoms with Crippen LogP contribution in [0, 0.1) is 0 Å². The Morgan fingerprint density at radius 3 is 2.69 bits per heavy atom. The summed E-state index contributed by atoms with van der Waals surface area (Å²) in [6.45, 7) is 0.516. The molecule has 0 saturated heterocycles. The van der Waals surface area contributed by atoms with Gasteiger partial charge in [0.15, 0.2) is 5.13 Å². The van der Waals surface area contributed by atoms with Crippen molar-refractivity contribution in [1.82, 2.24) is 19.7 Å². The number of primary amides is 1.